The Morgan fingerprint density at radius 3 is 2.63 bits per heavy atom. The van der Waals surface area contributed by atoms with E-state index < -0.39 is 0 Å². The molecule has 0 fully saturated rings. The van der Waals surface area contributed by atoms with E-state index in [9.17, 15) is 0 Å². The summed E-state index contributed by atoms with van der Waals surface area (Å²) >= 11 is 0. The zero-order chi connectivity index (χ0) is 21.0. The second-order valence-electron chi connectivity index (χ2n) is 8.39. The number of hydrogen-bond acceptors (Lipinski definition) is 5. The van der Waals surface area contributed by atoms with Crippen LogP contribution in [0.4, 0.5) is 5.69 Å². The number of rotatable bonds is 2. The third kappa shape index (κ3) is 2.89. The lowest BCUT2D eigenvalue weighted by Crippen LogP contribution is -2.32. The van der Waals surface area contributed by atoms with Crippen molar-refractivity contribution in [2.75, 3.05) is 12.4 Å². The summed E-state index contributed by atoms with van der Waals surface area (Å²) in [5, 5.41) is 7.77. The van der Waals surface area contributed by atoms with Gasteiger partial charge in [-0.3, -0.25) is 0 Å². The Balaban J connectivity index is 1.82. The zero-order valence-electron chi connectivity index (χ0n) is 17.8. The molecule has 2 aliphatic heterocycles. The summed E-state index contributed by atoms with van der Waals surface area (Å²) in [5.74, 6) is 3.05. The van der Waals surface area contributed by atoms with Crippen molar-refractivity contribution in [3.63, 3.8) is 0 Å². The largest absolute Gasteiger partial charge is 0.496 e. The minimum Gasteiger partial charge on any atom is -0.496 e. The van der Waals surface area contributed by atoms with Crippen LogP contribution in [0.2, 0.25) is 0 Å². The van der Waals surface area contributed by atoms with Gasteiger partial charge in [0.25, 0.3) is 0 Å². The quantitative estimate of drug-likeness (QED) is 0.558. The van der Waals surface area contributed by atoms with Crippen LogP contribution in [-0.2, 0) is 0 Å². The molecule has 5 heteroatoms. The Hall–Kier alpha value is -3.47. The first-order valence-corrected chi connectivity index (χ1v) is 10.0. The van der Waals surface area contributed by atoms with Crippen molar-refractivity contribution in [3.8, 4) is 22.6 Å². The van der Waals surface area contributed by atoms with Gasteiger partial charge < -0.3 is 19.3 Å². The molecule has 0 spiro atoms. The summed E-state index contributed by atoms with van der Waals surface area (Å²) in [7, 11) is 1.69. The summed E-state index contributed by atoms with van der Waals surface area (Å²) in [6.07, 6.45) is 4.19. The minimum absolute atomic E-state index is 0.121. The zero-order valence-corrected chi connectivity index (χ0v) is 17.8. The highest BCUT2D eigenvalue weighted by molar-refractivity contribution is 6.01. The van der Waals surface area contributed by atoms with Crippen molar-refractivity contribution in [3.05, 3.63) is 65.1 Å². The summed E-state index contributed by atoms with van der Waals surface area (Å²) in [4.78, 5) is 0. The van der Waals surface area contributed by atoms with Crippen molar-refractivity contribution >= 4 is 23.1 Å². The molecular weight excluding hydrogens is 376 g/mol. The number of aryl methyl sites for hydroxylation is 1. The molecule has 0 unspecified atom stereocenters. The lowest BCUT2D eigenvalue weighted by atomic mass is 9.83. The highest BCUT2D eigenvalue weighted by atomic mass is 16.5. The number of benzene rings is 2. The fourth-order valence-electron chi connectivity index (χ4n) is 4.47. The van der Waals surface area contributed by atoms with Crippen molar-refractivity contribution in [2.45, 2.75) is 33.2 Å². The number of aromatic nitrogens is 1. The molecule has 30 heavy (non-hydrogen) atoms. The van der Waals surface area contributed by atoms with Gasteiger partial charge in [-0.25, -0.2) is 0 Å². The summed E-state index contributed by atoms with van der Waals surface area (Å²) in [5.41, 5.74) is 7.10. The van der Waals surface area contributed by atoms with Crippen LogP contribution in [0.25, 0.3) is 28.5 Å². The molecule has 2 aliphatic rings. The molecular formula is C25H24N2O3. The lowest BCUT2D eigenvalue weighted by Gasteiger charge is -2.35. The summed E-state index contributed by atoms with van der Waals surface area (Å²) < 4.78 is 17.4. The predicted octanol–water partition coefficient (Wildman–Crippen LogP) is 6.16. The van der Waals surface area contributed by atoms with Gasteiger partial charge in [-0.1, -0.05) is 23.4 Å². The average Bonchev–Trinajstić information content (AvgIpc) is 3.10. The van der Waals surface area contributed by atoms with E-state index in [-0.39, 0.29) is 5.54 Å². The molecule has 2 aromatic carbocycles. The van der Waals surface area contributed by atoms with Crippen LogP contribution < -0.4 is 14.8 Å². The fourth-order valence-corrected chi connectivity index (χ4v) is 4.47. The average molecular weight is 400 g/mol. The van der Waals surface area contributed by atoms with Crippen LogP contribution in [0.3, 0.4) is 0 Å². The van der Waals surface area contributed by atoms with Crippen LogP contribution in [0.1, 0.15) is 43.4 Å². The standard InChI is InChI=1S/C25H24N2O3/c1-14-13-25(3,4)26-18-10-9-17-23-19(28-5)7-6-8-20(23)29-21(24(17)22(14)18)12-16-11-15(2)30-27-16/h6-13,26H,1-5H3. The third-order valence-corrected chi connectivity index (χ3v) is 5.50. The molecule has 0 bridgehead atoms. The number of fused-ring (bicyclic) bond motifs is 5. The van der Waals surface area contributed by atoms with Crippen LogP contribution in [-0.4, -0.2) is 17.8 Å². The highest BCUT2D eigenvalue weighted by Gasteiger charge is 2.32. The van der Waals surface area contributed by atoms with E-state index in [0.717, 1.165) is 56.7 Å². The number of ether oxygens (including phenoxy) is 2. The van der Waals surface area contributed by atoms with E-state index >= 15 is 0 Å². The summed E-state index contributed by atoms with van der Waals surface area (Å²) in [6.45, 7) is 8.37. The van der Waals surface area contributed by atoms with E-state index in [1.54, 1.807) is 7.11 Å². The Morgan fingerprint density at radius 1 is 1.07 bits per heavy atom. The fraction of sp³-hybridized carbons (Fsp3) is 0.240. The number of nitrogens with zero attached hydrogens (tertiary/aromatic N) is 1. The van der Waals surface area contributed by atoms with E-state index in [4.69, 9.17) is 14.0 Å². The summed E-state index contributed by atoms with van der Waals surface area (Å²) in [6, 6.07) is 12.1. The topological polar surface area (TPSA) is 56.5 Å². The first-order valence-electron chi connectivity index (χ1n) is 10.0. The Labute approximate surface area is 176 Å². The van der Waals surface area contributed by atoms with E-state index in [0.29, 0.717) is 0 Å². The molecule has 1 N–H and O–H groups in total. The normalized spacial score (nSPS) is 17.2. The lowest BCUT2D eigenvalue weighted by molar-refractivity contribution is 0.396. The number of nitrogens with one attached hydrogen (secondary N) is 1. The molecule has 0 atom stereocenters. The predicted molar refractivity (Wildman–Crippen MR) is 120 cm³/mol. The Morgan fingerprint density at radius 2 is 1.90 bits per heavy atom. The maximum absolute atomic E-state index is 6.42. The number of hydrogen-bond donors (Lipinski definition) is 1. The van der Waals surface area contributed by atoms with Gasteiger partial charge in [0.15, 0.2) is 0 Å². The van der Waals surface area contributed by atoms with Crippen molar-refractivity contribution in [1.29, 1.82) is 0 Å². The van der Waals surface area contributed by atoms with Gasteiger partial charge in [0.05, 0.1) is 18.2 Å². The number of anilines is 1. The molecule has 0 radical (unpaired) electrons. The highest BCUT2D eigenvalue weighted by Crippen LogP contribution is 2.51. The second kappa shape index (κ2) is 6.52. The van der Waals surface area contributed by atoms with Gasteiger partial charge in [-0.05, 0) is 51.5 Å². The third-order valence-electron chi connectivity index (χ3n) is 5.50. The van der Waals surface area contributed by atoms with Crippen LogP contribution >= 0.6 is 0 Å². The molecule has 5 rings (SSSR count). The molecule has 0 saturated carbocycles. The molecule has 5 nitrogen and oxygen atoms in total. The SMILES string of the molecule is COc1cccc2c1-c1ccc3c(c1C(=Cc1cc(C)on1)O2)C(C)=CC(C)(C)N3. The first kappa shape index (κ1) is 18.6. The molecule has 152 valence electrons. The maximum atomic E-state index is 6.42. The molecule has 0 saturated heterocycles. The van der Waals surface area contributed by atoms with Gasteiger partial charge in [0.2, 0.25) is 0 Å². The number of allylic oxidation sites excluding steroid dienone is 1. The van der Waals surface area contributed by atoms with E-state index in [1.165, 1.54) is 5.57 Å². The van der Waals surface area contributed by atoms with E-state index in [1.807, 2.05) is 37.3 Å². The van der Waals surface area contributed by atoms with Crippen molar-refractivity contribution in [2.24, 2.45) is 0 Å². The van der Waals surface area contributed by atoms with Gasteiger partial charge in [0.1, 0.15) is 28.7 Å². The van der Waals surface area contributed by atoms with Gasteiger partial charge in [0, 0.05) is 34.5 Å². The van der Waals surface area contributed by atoms with Crippen LogP contribution in [0, 0.1) is 6.92 Å². The molecule has 3 aromatic rings. The maximum Gasteiger partial charge on any atom is 0.139 e. The van der Waals surface area contributed by atoms with Crippen molar-refractivity contribution < 1.29 is 14.0 Å². The van der Waals surface area contributed by atoms with Gasteiger partial charge >= 0.3 is 0 Å². The molecule has 3 heterocycles. The monoisotopic (exact) mass is 400 g/mol. The van der Waals surface area contributed by atoms with Gasteiger partial charge in [-0.2, -0.15) is 0 Å². The Bertz CT molecular complexity index is 1230. The minimum atomic E-state index is -0.121. The van der Waals surface area contributed by atoms with Crippen LogP contribution in [0.15, 0.2) is 47.0 Å². The first-order chi connectivity index (χ1) is 14.4. The molecule has 0 aliphatic carbocycles. The Kier molecular flexibility index (Phi) is 4.03. The van der Waals surface area contributed by atoms with Crippen molar-refractivity contribution in [1.82, 2.24) is 5.16 Å². The molecule has 0 amide bonds. The smallest absolute Gasteiger partial charge is 0.139 e. The number of methoxy groups -OCH3 is 1. The van der Waals surface area contributed by atoms with E-state index in [2.05, 4.69) is 49.5 Å². The van der Waals surface area contributed by atoms with Crippen LogP contribution in [0.5, 0.6) is 11.5 Å². The van der Waals surface area contributed by atoms with Gasteiger partial charge in [-0.15, -0.1) is 0 Å². The second-order valence-corrected chi connectivity index (χ2v) is 8.39. The molecule has 1 aromatic heterocycles.